The Kier molecular flexibility index (Phi) is 4.23. The van der Waals surface area contributed by atoms with E-state index < -0.39 is 0 Å². The molecule has 1 aliphatic rings. The van der Waals surface area contributed by atoms with Gasteiger partial charge in [0, 0.05) is 25.4 Å². The fraction of sp³-hybridized carbons (Fsp3) is 0.529. The van der Waals surface area contributed by atoms with Gasteiger partial charge in [-0.3, -0.25) is 4.79 Å². The maximum atomic E-state index is 12.0. The molecule has 1 saturated heterocycles. The van der Waals surface area contributed by atoms with E-state index >= 15 is 0 Å². The molecule has 4 heteroatoms. The highest BCUT2D eigenvalue weighted by molar-refractivity contribution is 5.76. The van der Waals surface area contributed by atoms with Crippen molar-refractivity contribution in [3.63, 3.8) is 0 Å². The molecule has 1 aromatic carbocycles. The van der Waals surface area contributed by atoms with Crippen LogP contribution in [0.4, 0.5) is 0 Å². The number of carbonyl (C=O) groups excluding carboxylic acids is 1. The summed E-state index contributed by atoms with van der Waals surface area (Å²) in [5.41, 5.74) is 2.14. The molecule has 3 rings (SSSR count). The number of hydrogen-bond acceptors (Lipinski definition) is 2. The van der Waals surface area contributed by atoms with Gasteiger partial charge in [0.2, 0.25) is 5.91 Å². The number of fused-ring (bicyclic) bond motifs is 1. The van der Waals surface area contributed by atoms with Crippen molar-refractivity contribution in [1.82, 2.24) is 14.9 Å². The lowest BCUT2D eigenvalue weighted by Gasteiger charge is -2.31. The quantitative estimate of drug-likeness (QED) is 0.935. The third kappa shape index (κ3) is 3.09. The third-order valence-corrected chi connectivity index (χ3v) is 4.39. The Morgan fingerprint density at radius 3 is 2.81 bits per heavy atom. The number of piperidine rings is 1. The number of carbonyl (C=O) groups is 1. The van der Waals surface area contributed by atoms with Gasteiger partial charge < -0.3 is 9.88 Å². The lowest BCUT2D eigenvalue weighted by atomic mass is 9.96. The zero-order valence-corrected chi connectivity index (χ0v) is 12.6. The Balaban J connectivity index is 1.61. The number of amides is 1. The minimum atomic E-state index is 0.319. The smallest absolute Gasteiger partial charge is 0.222 e. The van der Waals surface area contributed by atoms with Gasteiger partial charge in [0.15, 0.2) is 0 Å². The van der Waals surface area contributed by atoms with Gasteiger partial charge in [0.1, 0.15) is 5.82 Å². The van der Waals surface area contributed by atoms with E-state index in [0.29, 0.717) is 18.2 Å². The first kappa shape index (κ1) is 14.1. The van der Waals surface area contributed by atoms with Crippen LogP contribution in [0.1, 0.15) is 50.8 Å². The van der Waals surface area contributed by atoms with Crippen molar-refractivity contribution >= 4 is 16.9 Å². The number of rotatable bonds is 4. The molecule has 1 fully saturated rings. The monoisotopic (exact) mass is 285 g/mol. The van der Waals surface area contributed by atoms with Crippen molar-refractivity contribution in [1.29, 1.82) is 0 Å². The first-order valence-corrected chi connectivity index (χ1v) is 8.00. The van der Waals surface area contributed by atoms with Crippen LogP contribution in [-0.2, 0) is 4.79 Å². The molecule has 0 aliphatic carbocycles. The number of benzene rings is 1. The Labute approximate surface area is 125 Å². The number of imidazole rings is 1. The van der Waals surface area contributed by atoms with E-state index in [1.807, 2.05) is 23.1 Å². The molecule has 0 unspecified atom stereocenters. The molecule has 2 heterocycles. The second-order valence-electron chi connectivity index (χ2n) is 5.90. The van der Waals surface area contributed by atoms with E-state index in [-0.39, 0.29) is 0 Å². The molecule has 4 nitrogen and oxygen atoms in total. The van der Waals surface area contributed by atoms with Gasteiger partial charge in [0.05, 0.1) is 11.0 Å². The summed E-state index contributed by atoms with van der Waals surface area (Å²) >= 11 is 0. The van der Waals surface area contributed by atoms with Crippen LogP contribution in [0.2, 0.25) is 0 Å². The maximum Gasteiger partial charge on any atom is 0.222 e. The number of aromatic nitrogens is 2. The van der Waals surface area contributed by atoms with Gasteiger partial charge in [-0.1, -0.05) is 25.5 Å². The van der Waals surface area contributed by atoms with Crippen molar-refractivity contribution in [3.8, 4) is 0 Å². The van der Waals surface area contributed by atoms with Crippen LogP contribution in [0, 0.1) is 0 Å². The van der Waals surface area contributed by atoms with Gasteiger partial charge in [-0.25, -0.2) is 4.98 Å². The molecule has 1 N–H and O–H groups in total. The van der Waals surface area contributed by atoms with Crippen LogP contribution in [0.5, 0.6) is 0 Å². The largest absolute Gasteiger partial charge is 0.343 e. The number of H-pyrrole nitrogens is 1. The number of aromatic amines is 1. The molecule has 2 aromatic rings. The van der Waals surface area contributed by atoms with E-state index in [2.05, 4.69) is 18.0 Å². The molecule has 0 saturated carbocycles. The van der Waals surface area contributed by atoms with Crippen molar-refractivity contribution < 1.29 is 4.79 Å². The Morgan fingerprint density at radius 1 is 1.33 bits per heavy atom. The van der Waals surface area contributed by atoms with Crippen LogP contribution in [-0.4, -0.2) is 33.9 Å². The fourth-order valence-corrected chi connectivity index (χ4v) is 3.05. The number of likely N-dealkylation sites (tertiary alicyclic amines) is 1. The first-order valence-electron chi connectivity index (χ1n) is 8.00. The summed E-state index contributed by atoms with van der Waals surface area (Å²) in [5.74, 6) is 1.85. The topological polar surface area (TPSA) is 49.0 Å². The SMILES string of the molecule is CCCCC(=O)N1CCC(c2nc3ccccc3[nH]2)CC1. The Bertz CT molecular complexity index is 578. The van der Waals surface area contributed by atoms with Crippen molar-refractivity contribution in [2.75, 3.05) is 13.1 Å². The molecular weight excluding hydrogens is 262 g/mol. The molecule has 1 amide bonds. The van der Waals surface area contributed by atoms with Crippen molar-refractivity contribution in [2.45, 2.75) is 44.9 Å². The lowest BCUT2D eigenvalue weighted by molar-refractivity contribution is -0.132. The molecule has 0 atom stereocenters. The Morgan fingerprint density at radius 2 is 2.10 bits per heavy atom. The van der Waals surface area contributed by atoms with Crippen LogP contribution in [0.3, 0.4) is 0 Å². The lowest BCUT2D eigenvalue weighted by Crippen LogP contribution is -2.37. The van der Waals surface area contributed by atoms with E-state index in [1.165, 1.54) is 0 Å². The van der Waals surface area contributed by atoms with Crippen LogP contribution >= 0.6 is 0 Å². The number of unbranched alkanes of at least 4 members (excludes halogenated alkanes) is 1. The highest BCUT2D eigenvalue weighted by Gasteiger charge is 2.25. The predicted molar refractivity (Wildman–Crippen MR) is 84.2 cm³/mol. The second kappa shape index (κ2) is 6.29. The molecule has 0 spiro atoms. The predicted octanol–water partition coefficient (Wildman–Crippen LogP) is 3.46. The highest BCUT2D eigenvalue weighted by atomic mass is 16.2. The van der Waals surface area contributed by atoms with Gasteiger partial charge in [-0.2, -0.15) is 0 Å². The number of para-hydroxylation sites is 2. The molecule has 0 radical (unpaired) electrons. The number of hydrogen-bond donors (Lipinski definition) is 1. The maximum absolute atomic E-state index is 12.0. The Hall–Kier alpha value is -1.84. The van der Waals surface area contributed by atoms with Crippen LogP contribution < -0.4 is 0 Å². The fourth-order valence-electron chi connectivity index (χ4n) is 3.05. The van der Waals surface area contributed by atoms with Crippen LogP contribution in [0.25, 0.3) is 11.0 Å². The van der Waals surface area contributed by atoms with Gasteiger partial charge in [-0.15, -0.1) is 0 Å². The zero-order chi connectivity index (χ0) is 14.7. The summed E-state index contributed by atoms with van der Waals surface area (Å²) in [4.78, 5) is 22.2. The van der Waals surface area contributed by atoms with Crippen molar-refractivity contribution in [2.24, 2.45) is 0 Å². The highest BCUT2D eigenvalue weighted by Crippen LogP contribution is 2.28. The van der Waals surface area contributed by atoms with Crippen LogP contribution in [0.15, 0.2) is 24.3 Å². The molecular formula is C17H23N3O. The summed E-state index contributed by atoms with van der Waals surface area (Å²) < 4.78 is 0. The first-order chi connectivity index (χ1) is 10.3. The van der Waals surface area contributed by atoms with E-state index in [0.717, 1.165) is 55.6 Å². The second-order valence-corrected chi connectivity index (χ2v) is 5.90. The summed E-state index contributed by atoms with van der Waals surface area (Å²) in [7, 11) is 0. The summed E-state index contributed by atoms with van der Waals surface area (Å²) in [6, 6.07) is 8.15. The van der Waals surface area contributed by atoms with E-state index in [9.17, 15) is 4.79 Å². The summed E-state index contributed by atoms with van der Waals surface area (Å²) in [6.07, 6.45) is 4.81. The minimum absolute atomic E-state index is 0.319. The van der Waals surface area contributed by atoms with Gasteiger partial charge in [0.25, 0.3) is 0 Å². The van der Waals surface area contributed by atoms with E-state index in [4.69, 9.17) is 4.98 Å². The van der Waals surface area contributed by atoms with Gasteiger partial charge >= 0.3 is 0 Å². The number of nitrogens with zero attached hydrogens (tertiary/aromatic N) is 2. The standard InChI is InChI=1S/C17H23N3O/c1-2-3-8-16(21)20-11-9-13(10-12-20)17-18-14-6-4-5-7-15(14)19-17/h4-7,13H,2-3,8-12H2,1H3,(H,18,19). The number of nitrogens with one attached hydrogen (secondary N) is 1. The molecule has 1 aliphatic heterocycles. The van der Waals surface area contributed by atoms with Crippen molar-refractivity contribution in [3.05, 3.63) is 30.1 Å². The molecule has 112 valence electrons. The van der Waals surface area contributed by atoms with Gasteiger partial charge in [-0.05, 0) is 31.4 Å². The normalized spacial score (nSPS) is 16.5. The summed E-state index contributed by atoms with van der Waals surface area (Å²) in [6.45, 7) is 3.86. The third-order valence-electron chi connectivity index (χ3n) is 4.39. The summed E-state index contributed by atoms with van der Waals surface area (Å²) in [5, 5.41) is 0. The molecule has 0 bridgehead atoms. The average Bonchev–Trinajstić information content (AvgIpc) is 2.96. The minimum Gasteiger partial charge on any atom is -0.343 e. The zero-order valence-electron chi connectivity index (χ0n) is 12.6. The average molecular weight is 285 g/mol. The van der Waals surface area contributed by atoms with E-state index in [1.54, 1.807) is 0 Å². The molecule has 1 aromatic heterocycles. The molecule has 21 heavy (non-hydrogen) atoms.